The Morgan fingerprint density at radius 1 is 1.06 bits per heavy atom. The van der Waals surface area contributed by atoms with Gasteiger partial charge in [-0.1, -0.05) is 18.2 Å². The van der Waals surface area contributed by atoms with E-state index in [9.17, 15) is 5.11 Å². The van der Waals surface area contributed by atoms with Gasteiger partial charge in [-0.3, -0.25) is 0 Å². The van der Waals surface area contributed by atoms with Crippen molar-refractivity contribution >= 4 is 16.9 Å². The van der Waals surface area contributed by atoms with Crippen LogP contribution in [0.15, 0.2) is 60.9 Å². The predicted molar refractivity (Wildman–Crippen MR) is 117 cm³/mol. The van der Waals surface area contributed by atoms with Gasteiger partial charge in [-0.2, -0.15) is 5.10 Å². The molecule has 8 heteroatoms. The van der Waals surface area contributed by atoms with E-state index in [0.29, 0.717) is 24.3 Å². The minimum Gasteiger partial charge on any atom is -0.457 e. The molecule has 2 aromatic heterocycles. The average Bonchev–Trinajstić information content (AvgIpc) is 3.16. The molecule has 31 heavy (non-hydrogen) atoms. The zero-order valence-electron chi connectivity index (χ0n) is 17.1. The van der Waals surface area contributed by atoms with Crippen LogP contribution in [-0.4, -0.2) is 44.2 Å². The zero-order chi connectivity index (χ0) is 21.4. The van der Waals surface area contributed by atoms with E-state index >= 15 is 0 Å². The Kier molecular flexibility index (Phi) is 4.80. The van der Waals surface area contributed by atoms with Crippen molar-refractivity contribution in [3.8, 4) is 22.8 Å². The first-order valence-corrected chi connectivity index (χ1v) is 10.1. The molecule has 0 saturated heterocycles. The smallest absolute Gasteiger partial charge is 0.164 e. The van der Waals surface area contributed by atoms with Crippen LogP contribution >= 0.6 is 0 Å². The normalized spacial score (nSPS) is 20.5. The number of rotatable bonds is 6. The van der Waals surface area contributed by atoms with Gasteiger partial charge in [0, 0.05) is 25.5 Å². The van der Waals surface area contributed by atoms with Gasteiger partial charge in [-0.15, -0.1) is 0 Å². The summed E-state index contributed by atoms with van der Waals surface area (Å²) >= 11 is 0. The van der Waals surface area contributed by atoms with Gasteiger partial charge in [-0.25, -0.2) is 14.6 Å². The number of methoxy groups -OCH3 is 1. The molecule has 0 unspecified atom stereocenters. The van der Waals surface area contributed by atoms with E-state index in [1.807, 2.05) is 59.3 Å². The number of aliphatic hydroxyl groups is 1. The average molecular weight is 417 g/mol. The summed E-state index contributed by atoms with van der Waals surface area (Å²) in [6.45, 7) is -0.0218. The molecule has 2 heterocycles. The lowest BCUT2D eigenvalue weighted by atomic mass is 9.76. The Bertz CT molecular complexity index is 1200. The van der Waals surface area contributed by atoms with Crippen LogP contribution in [0.3, 0.4) is 0 Å². The topological polar surface area (TPSA) is 108 Å². The molecule has 5 rings (SSSR count). The third-order valence-electron chi connectivity index (χ3n) is 5.91. The molecule has 4 aromatic rings. The molecule has 0 amide bonds. The third kappa shape index (κ3) is 3.39. The first-order chi connectivity index (χ1) is 15.1. The van der Waals surface area contributed by atoms with Crippen molar-refractivity contribution in [2.24, 2.45) is 0 Å². The lowest BCUT2D eigenvalue weighted by Gasteiger charge is -2.45. The van der Waals surface area contributed by atoms with Gasteiger partial charge in [-0.05, 0) is 36.4 Å². The number of nitrogens with two attached hydrogens (primary N) is 1. The van der Waals surface area contributed by atoms with Crippen LogP contribution in [0.2, 0.25) is 0 Å². The molecule has 0 bridgehead atoms. The van der Waals surface area contributed by atoms with Crippen LogP contribution in [0.5, 0.6) is 11.5 Å². The minimum absolute atomic E-state index is 0.0218. The highest BCUT2D eigenvalue weighted by Gasteiger charge is 2.46. The highest BCUT2D eigenvalue weighted by molar-refractivity contribution is 5.98. The highest BCUT2D eigenvalue weighted by atomic mass is 16.5. The van der Waals surface area contributed by atoms with Crippen molar-refractivity contribution in [1.29, 1.82) is 0 Å². The Balaban J connectivity index is 1.49. The van der Waals surface area contributed by atoms with Crippen molar-refractivity contribution in [3.05, 3.63) is 60.9 Å². The molecule has 1 aliphatic rings. The number of hydrogen-bond acceptors (Lipinski definition) is 7. The predicted octanol–water partition coefficient (Wildman–Crippen LogP) is 3.58. The van der Waals surface area contributed by atoms with Crippen LogP contribution in [0, 0.1) is 0 Å². The van der Waals surface area contributed by atoms with Crippen molar-refractivity contribution in [2.75, 3.05) is 19.5 Å². The van der Waals surface area contributed by atoms with Gasteiger partial charge >= 0.3 is 0 Å². The monoisotopic (exact) mass is 417 g/mol. The molecule has 1 fully saturated rings. The fraction of sp³-hybridized carbons (Fsp3) is 0.261. The third-order valence-corrected chi connectivity index (χ3v) is 5.91. The molecule has 1 saturated carbocycles. The molecule has 3 N–H and O–H groups in total. The number of anilines is 1. The molecule has 1 aliphatic carbocycles. The number of nitrogen functional groups attached to an aromatic ring is 1. The molecule has 0 aliphatic heterocycles. The fourth-order valence-corrected chi connectivity index (χ4v) is 4.09. The second-order valence-corrected chi connectivity index (χ2v) is 7.80. The molecule has 0 radical (unpaired) electrons. The maximum atomic E-state index is 9.66. The number of hydrogen-bond donors (Lipinski definition) is 2. The number of aromatic nitrogens is 4. The Labute approximate surface area is 179 Å². The van der Waals surface area contributed by atoms with E-state index in [2.05, 4.69) is 9.97 Å². The summed E-state index contributed by atoms with van der Waals surface area (Å²) in [4.78, 5) is 8.61. The van der Waals surface area contributed by atoms with Gasteiger partial charge in [0.2, 0.25) is 0 Å². The highest BCUT2D eigenvalue weighted by Crippen LogP contribution is 2.45. The molecular formula is C23H23N5O3. The molecule has 2 aromatic carbocycles. The Morgan fingerprint density at radius 3 is 2.45 bits per heavy atom. The Hall–Kier alpha value is -3.49. The van der Waals surface area contributed by atoms with E-state index in [4.69, 9.17) is 20.3 Å². The van der Waals surface area contributed by atoms with Crippen molar-refractivity contribution in [3.63, 3.8) is 0 Å². The second-order valence-electron chi connectivity index (χ2n) is 7.80. The van der Waals surface area contributed by atoms with Gasteiger partial charge in [0.1, 0.15) is 29.3 Å². The lowest BCUT2D eigenvalue weighted by Crippen LogP contribution is -2.49. The largest absolute Gasteiger partial charge is 0.457 e. The van der Waals surface area contributed by atoms with Crippen LogP contribution in [0.25, 0.3) is 22.3 Å². The van der Waals surface area contributed by atoms with Gasteiger partial charge in [0.25, 0.3) is 0 Å². The standard InChI is InChI=1S/C23H23N5O3/c1-30-23(13-29)11-16(12-23)28-22-19(21(24)25-14-26-22)20(27-28)15-7-9-18(10-8-15)31-17-5-3-2-4-6-17/h2-10,14,16,29H,11-13H2,1H3,(H2,24,25,26). The number of benzene rings is 2. The fourth-order valence-electron chi connectivity index (χ4n) is 4.09. The zero-order valence-corrected chi connectivity index (χ0v) is 17.1. The number of para-hydroxylation sites is 1. The summed E-state index contributed by atoms with van der Waals surface area (Å²) in [5.41, 5.74) is 7.99. The summed E-state index contributed by atoms with van der Waals surface area (Å²) in [6.07, 6.45) is 2.76. The summed E-state index contributed by atoms with van der Waals surface area (Å²) in [7, 11) is 1.62. The second kappa shape index (κ2) is 7.64. The van der Waals surface area contributed by atoms with Gasteiger partial charge in [0.15, 0.2) is 5.65 Å². The number of ether oxygens (including phenoxy) is 2. The van der Waals surface area contributed by atoms with E-state index in [0.717, 1.165) is 28.1 Å². The molecule has 0 atom stereocenters. The molecular weight excluding hydrogens is 394 g/mol. The van der Waals surface area contributed by atoms with Crippen molar-refractivity contribution in [1.82, 2.24) is 19.7 Å². The molecule has 158 valence electrons. The number of aliphatic hydroxyl groups excluding tert-OH is 1. The van der Waals surface area contributed by atoms with E-state index < -0.39 is 5.60 Å². The number of nitrogens with zero attached hydrogens (tertiary/aromatic N) is 4. The summed E-state index contributed by atoms with van der Waals surface area (Å²) in [5, 5.41) is 15.2. The van der Waals surface area contributed by atoms with E-state index in [1.54, 1.807) is 7.11 Å². The van der Waals surface area contributed by atoms with Crippen molar-refractivity contribution in [2.45, 2.75) is 24.5 Å². The molecule has 0 spiro atoms. The van der Waals surface area contributed by atoms with Crippen LogP contribution < -0.4 is 10.5 Å². The quantitative estimate of drug-likeness (QED) is 0.494. The van der Waals surface area contributed by atoms with Crippen molar-refractivity contribution < 1.29 is 14.6 Å². The van der Waals surface area contributed by atoms with Gasteiger partial charge < -0.3 is 20.3 Å². The van der Waals surface area contributed by atoms with Crippen LogP contribution in [-0.2, 0) is 4.74 Å². The maximum absolute atomic E-state index is 9.66. The summed E-state index contributed by atoms with van der Waals surface area (Å²) in [5.74, 6) is 1.89. The number of fused-ring (bicyclic) bond motifs is 1. The van der Waals surface area contributed by atoms with Gasteiger partial charge in [0.05, 0.1) is 23.6 Å². The van der Waals surface area contributed by atoms with E-state index in [1.165, 1.54) is 6.33 Å². The van der Waals surface area contributed by atoms with E-state index in [-0.39, 0.29) is 12.6 Å². The first kappa shape index (κ1) is 19.5. The summed E-state index contributed by atoms with van der Waals surface area (Å²) in [6, 6.07) is 17.4. The maximum Gasteiger partial charge on any atom is 0.164 e. The first-order valence-electron chi connectivity index (χ1n) is 10.1. The Morgan fingerprint density at radius 2 is 1.77 bits per heavy atom. The molecule has 8 nitrogen and oxygen atoms in total. The van der Waals surface area contributed by atoms with Crippen LogP contribution in [0.1, 0.15) is 18.9 Å². The lowest BCUT2D eigenvalue weighted by molar-refractivity contribution is -0.130. The van der Waals surface area contributed by atoms with Crippen LogP contribution in [0.4, 0.5) is 5.82 Å². The minimum atomic E-state index is -0.516. The summed E-state index contributed by atoms with van der Waals surface area (Å²) < 4.78 is 13.3. The SMILES string of the molecule is COC1(CO)CC(n2nc(-c3ccc(Oc4ccccc4)cc3)c3c(N)ncnc32)C1.